The number of rotatable bonds is 4. The van der Waals surface area contributed by atoms with Crippen LogP contribution in [0, 0.1) is 11.3 Å². The summed E-state index contributed by atoms with van der Waals surface area (Å²) in [5, 5.41) is 22.2. The molecule has 1 aliphatic heterocycles. The third kappa shape index (κ3) is 3.33. The monoisotopic (exact) mass is 420 g/mol. The minimum atomic E-state index is -0.950. The fourth-order valence-corrected chi connectivity index (χ4v) is 3.59. The maximum absolute atomic E-state index is 13.4. The predicted molar refractivity (Wildman–Crippen MR) is 107 cm³/mol. The highest BCUT2D eigenvalue weighted by atomic mass is 16.7. The van der Waals surface area contributed by atoms with Crippen LogP contribution in [-0.4, -0.2) is 34.7 Å². The summed E-state index contributed by atoms with van der Waals surface area (Å²) in [7, 11) is 0. The second kappa shape index (κ2) is 7.81. The van der Waals surface area contributed by atoms with Crippen LogP contribution in [0.3, 0.4) is 0 Å². The van der Waals surface area contributed by atoms with Gasteiger partial charge in [0.05, 0.1) is 23.2 Å². The number of ether oxygens (including phenoxy) is 1. The van der Waals surface area contributed by atoms with Crippen molar-refractivity contribution in [1.82, 2.24) is 9.88 Å². The third-order valence-electron chi connectivity index (χ3n) is 5.05. The van der Waals surface area contributed by atoms with Crippen molar-refractivity contribution in [3.8, 4) is 17.6 Å². The number of aromatic hydroxyl groups is 1. The van der Waals surface area contributed by atoms with E-state index < -0.39 is 41.3 Å². The minimum Gasteiger partial charge on any atom is -0.506 e. The molecule has 10 heteroatoms. The van der Waals surface area contributed by atoms with E-state index in [0.717, 1.165) is 0 Å². The Kier molecular flexibility index (Phi) is 5.02. The van der Waals surface area contributed by atoms with E-state index in [9.17, 15) is 19.5 Å². The molecule has 1 aliphatic rings. The van der Waals surface area contributed by atoms with E-state index in [-0.39, 0.29) is 12.0 Å². The van der Waals surface area contributed by atoms with E-state index in [1.54, 1.807) is 42.5 Å². The van der Waals surface area contributed by atoms with Crippen LogP contribution < -0.4 is 21.5 Å². The maximum Gasteiger partial charge on any atom is 0.343 e. The largest absolute Gasteiger partial charge is 0.506 e. The topological polar surface area (TPSA) is 157 Å². The molecular weight excluding hydrogens is 404 g/mol. The molecule has 1 amide bonds. The molecule has 1 aromatic heterocycles. The van der Waals surface area contributed by atoms with Crippen molar-refractivity contribution in [1.29, 1.82) is 5.26 Å². The van der Waals surface area contributed by atoms with Crippen LogP contribution in [0.25, 0.3) is 10.9 Å². The molecule has 0 bridgehead atoms. The number of carbonyl (C=O) groups is 2. The van der Waals surface area contributed by atoms with E-state index in [2.05, 4.69) is 10.2 Å². The Hall–Kier alpha value is -4.36. The summed E-state index contributed by atoms with van der Waals surface area (Å²) in [6.45, 7) is -0.474. The SMILES string of the molecule is N#Cc1ccc(C2COc3cccc4c(O)c(C(=O)NCC(=O)ON)c(=O)n2c34)cc1. The van der Waals surface area contributed by atoms with Crippen molar-refractivity contribution in [2.75, 3.05) is 13.2 Å². The molecule has 31 heavy (non-hydrogen) atoms. The van der Waals surface area contributed by atoms with Crippen LogP contribution in [0.1, 0.15) is 27.5 Å². The molecule has 4 rings (SSSR count). The third-order valence-corrected chi connectivity index (χ3v) is 5.05. The molecule has 10 nitrogen and oxygen atoms in total. The normalized spacial score (nSPS) is 14.4. The first-order valence-electron chi connectivity index (χ1n) is 9.17. The van der Waals surface area contributed by atoms with Crippen LogP contribution in [0.4, 0.5) is 0 Å². The number of aromatic nitrogens is 1. The molecule has 3 aromatic rings. The van der Waals surface area contributed by atoms with Gasteiger partial charge in [-0.15, -0.1) is 0 Å². The smallest absolute Gasteiger partial charge is 0.343 e. The number of nitrogens with two attached hydrogens (primary N) is 1. The molecule has 0 spiro atoms. The zero-order valence-electron chi connectivity index (χ0n) is 16.0. The lowest BCUT2D eigenvalue weighted by molar-refractivity contribution is -0.142. The van der Waals surface area contributed by atoms with Gasteiger partial charge in [-0.2, -0.15) is 11.2 Å². The number of benzene rings is 2. The van der Waals surface area contributed by atoms with Crippen molar-refractivity contribution < 1.29 is 24.3 Å². The first-order valence-corrected chi connectivity index (χ1v) is 9.17. The number of carbonyl (C=O) groups excluding carboxylic acids is 2. The average molecular weight is 420 g/mol. The van der Waals surface area contributed by atoms with E-state index in [1.807, 2.05) is 6.07 Å². The van der Waals surface area contributed by atoms with Gasteiger partial charge in [0, 0.05) is 5.39 Å². The summed E-state index contributed by atoms with van der Waals surface area (Å²) in [5.41, 5.74) is 0.198. The fourth-order valence-electron chi connectivity index (χ4n) is 3.59. The van der Waals surface area contributed by atoms with Crippen molar-refractivity contribution in [2.45, 2.75) is 6.04 Å². The van der Waals surface area contributed by atoms with Crippen LogP contribution >= 0.6 is 0 Å². The van der Waals surface area contributed by atoms with Crippen molar-refractivity contribution in [3.63, 3.8) is 0 Å². The number of nitrogens with zero attached hydrogens (tertiary/aromatic N) is 2. The van der Waals surface area contributed by atoms with Gasteiger partial charge in [-0.1, -0.05) is 18.2 Å². The Morgan fingerprint density at radius 1 is 1.29 bits per heavy atom. The number of hydrogen-bond acceptors (Lipinski definition) is 8. The average Bonchev–Trinajstić information content (AvgIpc) is 2.80. The predicted octanol–water partition coefficient (Wildman–Crippen LogP) is 0.707. The molecule has 0 aliphatic carbocycles. The van der Waals surface area contributed by atoms with Gasteiger partial charge in [-0.3, -0.25) is 14.2 Å². The molecule has 156 valence electrons. The number of amides is 1. The van der Waals surface area contributed by atoms with Gasteiger partial charge in [0.15, 0.2) is 0 Å². The minimum absolute atomic E-state index is 0.100. The highest BCUT2D eigenvalue weighted by Crippen LogP contribution is 2.38. The standard InChI is InChI=1S/C21H16N4O6/c22-8-11-4-6-12(7-5-11)14-10-30-15-3-1-2-13-18(15)25(14)21(29)17(19(13)27)20(28)24-9-16(26)31-23/h1-7,14,27H,9-10,23H2,(H,24,28). The lowest BCUT2D eigenvalue weighted by atomic mass is 10.0. The summed E-state index contributed by atoms with van der Waals surface area (Å²) >= 11 is 0. The van der Waals surface area contributed by atoms with Crippen molar-refractivity contribution in [2.24, 2.45) is 5.90 Å². The first-order chi connectivity index (χ1) is 15.0. The zero-order chi connectivity index (χ0) is 22.1. The Morgan fingerprint density at radius 2 is 2.03 bits per heavy atom. The Balaban J connectivity index is 1.91. The summed E-state index contributed by atoms with van der Waals surface area (Å²) in [6.07, 6.45) is 0. The molecule has 0 radical (unpaired) electrons. The molecule has 0 saturated heterocycles. The van der Waals surface area contributed by atoms with Gasteiger partial charge < -0.3 is 20.0 Å². The zero-order valence-corrected chi connectivity index (χ0v) is 16.0. The van der Waals surface area contributed by atoms with Gasteiger partial charge in [0.25, 0.3) is 11.5 Å². The van der Waals surface area contributed by atoms with Crippen LogP contribution in [0.5, 0.6) is 11.5 Å². The summed E-state index contributed by atoms with van der Waals surface area (Å²) in [5.74, 6) is 2.74. The Labute approximate surface area is 175 Å². The summed E-state index contributed by atoms with van der Waals surface area (Å²) in [6, 6.07) is 12.9. The first kappa shape index (κ1) is 19.9. The Morgan fingerprint density at radius 3 is 2.71 bits per heavy atom. The number of hydrogen-bond donors (Lipinski definition) is 3. The fraction of sp³-hybridized carbons (Fsp3) is 0.143. The van der Waals surface area contributed by atoms with Gasteiger partial charge in [0.1, 0.15) is 30.2 Å². The highest BCUT2D eigenvalue weighted by Gasteiger charge is 2.31. The number of para-hydroxylation sites is 1. The lowest BCUT2D eigenvalue weighted by Crippen LogP contribution is -2.40. The van der Waals surface area contributed by atoms with E-state index >= 15 is 0 Å². The molecule has 4 N–H and O–H groups in total. The molecule has 0 fully saturated rings. The quantitative estimate of drug-likeness (QED) is 0.521. The number of nitriles is 1. The van der Waals surface area contributed by atoms with E-state index in [4.69, 9.17) is 15.9 Å². The molecular formula is C21H16N4O6. The highest BCUT2D eigenvalue weighted by molar-refractivity contribution is 6.04. The van der Waals surface area contributed by atoms with Crippen LogP contribution in [0.15, 0.2) is 47.3 Å². The molecule has 0 saturated carbocycles. The van der Waals surface area contributed by atoms with Gasteiger partial charge >= 0.3 is 5.97 Å². The molecule has 1 atom stereocenters. The van der Waals surface area contributed by atoms with Crippen LogP contribution in [-0.2, 0) is 9.63 Å². The second-order valence-electron chi connectivity index (χ2n) is 6.78. The number of pyridine rings is 1. The maximum atomic E-state index is 13.4. The summed E-state index contributed by atoms with van der Waals surface area (Å²) < 4.78 is 7.19. The molecule has 2 aromatic carbocycles. The summed E-state index contributed by atoms with van der Waals surface area (Å²) in [4.78, 5) is 41.3. The van der Waals surface area contributed by atoms with Gasteiger partial charge in [-0.05, 0) is 29.8 Å². The second-order valence-corrected chi connectivity index (χ2v) is 6.78. The van der Waals surface area contributed by atoms with Crippen molar-refractivity contribution in [3.05, 3.63) is 69.5 Å². The van der Waals surface area contributed by atoms with Gasteiger partial charge in [-0.25, -0.2) is 4.79 Å². The number of nitrogens with one attached hydrogen (secondary N) is 1. The van der Waals surface area contributed by atoms with E-state index in [0.29, 0.717) is 22.4 Å². The Bertz CT molecular complexity index is 1310. The molecule has 2 heterocycles. The van der Waals surface area contributed by atoms with Gasteiger partial charge in [0.2, 0.25) is 0 Å². The molecule has 1 unspecified atom stereocenters. The van der Waals surface area contributed by atoms with Crippen molar-refractivity contribution >= 4 is 22.8 Å². The van der Waals surface area contributed by atoms with E-state index in [1.165, 1.54) is 4.57 Å². The van der Waals surface area contributed by atoms with Crippen LogP contribution in [0.2, 0.25) is 0 Å². The lowest BCUT2D eigenvalue weighted by Gasteiger charge is -2.29.